The van der Waals surface area contributed by atoms with Crippen LogP contribution in [-0.4, -0.2) is 28.2 Å². The summed E-state index contributed by atoms with van der Waals surface area (Å²) in [4.78, 5) is 13.5. The summed E-state index contributed by atoms with van der Waals surface area (Å²) in [5, 5.41) is 5.97. The number of ether oxygens (including phenoxy) is 1. The van der Waals surface area contributed by atoms with Gasteiger partial charge in [0.15, 0.2) is 0 Å². The average molecular weight is 383 g/mol. The molecule has 0 saturated carbocycles. The zero-order valence-electron chi connectivity index (χ0n) is 16.2. The van der Waals surface area contributed by atoms with Gasteiger partial charge in [-0.1, -0.05) is 18.2 Å². The monoisotopic (exact) mass is 383 g/mol. The van der Waals surface area contributed by atoms with Crippen LogP contribution >= 0.6 is 0 Å². The number of carbonyl (C=O) groups is 1. The number of carbonyl (C=O) groups excluding carboxylic acids is 1. The van der Waals surface area contributed by atoms with E-state index in [0.717, 1.165) is 28.2 Å². The maximum atomic E-state index is 8.94. The van der Waals surface area contributed by atoms with E-state index in [1.165, 1.54) is 0 Å². The summed E-state index contributed by atoms with van der Waals surface area (Å²) in [6, 6.07) is 13.6. The van der Waals surface area contributed by atoms with Crippen molar-refractivity contribution in [3.05, 3.63) is 59.8 Å². The van der Waals surface area contributed by atoms with Gasteiger partial charge in [0.05, 0.1) is 11.4 Å². The van der Waals surface area contributed by atoms with E-state index >= 15 is 0 Å². The molecule has 2 heterocycles. The minimum absolute atomic E-state index is 0.403. The number of hydrogen-bond acceptors (Lipinski definition) is 7. The lowest BCUT2D eigenvalue weighted by Crippen LogP contribution is -2.26. The Hall–Kier alpha value is -3.43. The van der Waals surface area contributed by atoms with Crippen molar-refractivity contribution in [2.24, 2.45) is 18.7 Å². The molecule has 5 N–H and O–H groups in total. The summed E-state index contributed by atoms with van der Waals surface area (Å²) in [7, 11) is 3.70. The van der Waals surface area contributed by atoms with Crippen LogP contribution in [0.2, 0.25) is 0 Å². The Morgan fingerprint density at radius 1 is 1.21 bits per heavy atom. The van der Waals surface area contributed by atoms with E-state index in [-0.39, 0.29) is 0 Å². The van der Waals surface area contributed by atoms with Gasteiger partial charge in [0.1, 0.15) is 12.3 Å². The first kappa shape index (κ1) is 20.9. The molecule has 9 heteroatoms. The molecule has 0 atom stereocenters. The zero-order chi connectivity index (χ0) is 20.5. The fraction of sp³-hybridized carbons (Fsp3) is 0.211. The van der Waals surface area contributed by atoms with Crippen LogP contribution in [0.25, 0.3) is 11.4 Å². The molecule has 2 aromatic heterocycles. The standard InChI is InChI=1S/C18H21N5O.CH4N2O/c1-13-6-4-8-17(23(3)19)14(13)12-24-18-9-5-7-15(20-18)16-10-11-22(2)21-16;2-3-1-4/h4-11H,12,19H2,1-3H3;1H,2H2,(H,3,4). The van der Waals surface area contributed by atoms with Gasteiger partial charge in [-0.25, -0.2) is 16.7 Å². The molecule has 1 aromatic carbocycles. The van der Waals surface area contributed by atoms with Crippen molar-refractivity contribution < 1.29 is 9.53 Å². The van der Waals surface area contributed by atoms with E-state index < -0.39 is 0 Å². The summed E-state index contributed by atoms with van der Waals surface area (Å²) >= 11 is 0. The Kier molecular flexibility index (Phi) is 7.49. The quantitative estimate of drug-likeness (QED) is 0.253. The SMILES string of the molecule is Cc1cccc(N(C)N)c1COc1cccc(-c2ccn(C)n2)n1.NNC=O. The minimum Gasteiger partial charge on any atom is -0.473 e. The first-order chi connectivity index (χ1) is 13.5. The molecule has 0 bridgehead atoms. The maximum Gasteiger partial charge on any atom is 0.221 e. The molecule has 0 aliphatic rings. The number of hydrazine groups is 2. The van der Waals surface area contributed by atoms with Crippen molar-refractivity contribution in [1.29, 1.82) is 0 Å². The number of aromatic nitrogens is 3. The third-order valence-electron chi connectivity index (χ3n) is 3.90. The number of aryl methyl sites for hydroxylation is 2. The minimum atomic E-state index is 0.403. The van der Waals surface area contributed by atoms with Crippen LogP contribution < -0.4 is 26.9 Å². The maximum absolute atomic E-state index is 8.94. The van der Waals surface area contributed by atoms with Crippen molar-refractivity contribution in [2.45, 2.75) is 13.5 Å². The number of anilines is 1. The number of nitrogens with zero attached hydrogens (tertiary/aromatic N) is 4. The van der Waals surface area contributed by atoms with Gasteiger partial charge in [-0.05, 0) is 30.7 Å². The zero-order valence-corrected chi connectivity index (χ0v) is 16.2. The molecule has 3 aromatic rings. The second-order valence-electron chi connectivity index (χ2n) is 5.99. The molecule has 0 aliphatic carbocycles. The van der Waals surface area contributed by atoms with E-state index in [9.17, 15) is 0 Å². The lowest BCUT2D eigenvalue weighted by atomic mass is 10.1. The highest BCUT2D eigenvalue weighted by molar-refractivity contribution is 5.55. The Bertz CT molecular complexity index is 909. The van der Waals surface area contributed by atoms with Crippen LogP contribution in [0, 0.1) is 6.92 Å². The van der Waals surface area contributed by atoms with Gasteiger partial charge in [0.2, 0.25) is 12.3 Å². The molecule has 0 fully saturated rings. The second-order valence-corrected chi connectivity index (χ2v) is 5.99. The van der Waals surface area contributed by atoms with Crippen LogP contribution in [0.5, 0.6) is 5.88 Å². The Morgan fingerprint density at radius 2 is 1.93 bits per heavy atom. The molecule has 0 aliphatic heterocycles. The van der Waals surface area contributed by atoms with E-state index in [4.69, 9.17) is 15.4 Å². The van der Waals surface area contributed by atoms with Gasteiger partial charge in [0.25, 0.3) is 0 Å². The molecular weight excluding hydrogens is 358 g/mol. The largest absolute Gasteiger partial charge is 0.473 e. The predicted octanol–water partition coefficient (Wildman–Crippen LogP) is 1.29. The average Bonchev–Trinajstić information content (AvgIpc) is 3.13. The van der Waals surface area contributed by atoms with E-state index in [2.05, 4.69) is 15.9 Å². The molecule has 0 unspecified atom stereocenters. The van der Waals surface area contributed by atoms with Crippen molar-refractivity contribution in [2.75, 3.05) is 12.1 Å². The Labute approximate surface area is 163 Å². The summed E-state index contributed by atoms with van der Waals surface area (Å²) < 4.78 is 7.66. The van der Waals surface area contributed by atoms with Crippen molar-refractivity contribution in [1.82, 2.24) is 20.2 Å². The van der Waals surface area contributed by atoms with Crippen LogP contribution in [-0.2, 0) is 18.4 Å². The number of benzene rings is 1. The molecule has 0 saturated heterocycles. The number of amides is 1. The predicted molar refractivity (Wildman–Crippen MR) is 108 cm³/mol. The lowest BCUT2D eigenvalue weighted by molar-refractivity contribution is -0.109. The van der Waals surface area contributed by atoms with Crippen LogP contribution in [0.4, 0.5) is 5.69 Å². The van der Waals surface area contributed by atoms with E-state index in [1.807, 2.05) is 69.7 Å². The molecule has 0 spiro atoms. The number of rotatable bonds is 6. The molecule has 9 nitrogen and oxygen atoms in total. The van der Waals surface area contributed by atoms with E-state index in [0.29, 0.717) is 18.9 Å². The number of nitrogens with one attached hydrogen (secondary N) is 1. The highest BCUT2D eigenvalue weighted by atomic mass is 16.5. The van der Waals surface area contributed by atoms with Crippen LogP contribution in [0.3, 0.4) is 0 Å². The van der Waals surface area contributed by atoms with Crippen molar-refractivity contribution in [3.63, 3.8) is 0 Å². The third kappa shape index (κ3) is 5.53. The highest BCUT2D eigenvalue weighted by Crippen LogP contribution is 2.24. The molecular formula is C19H25N7O2. The molecule has 28 heavy (non-hydrogen) atoms. The Morgan fingerprint density at radius 3 is 2.54 bits per heavy atom. The first-order valence-electron chi connectivity index (χ1n) is 8.52. The third-order valence-corrected chi connectivity index (χ3v) is 3.90. The van der Waals surface area contributed by atoms with Crippen molar-refractivity contribution >= 4 is 12.1 Å². The molecule has 3 rings (SSSR count). The lowest BCUT2D eigenvalue weighted by Gasteiger charge is -2.19. The number of pyridine rings is 1. The number of nitrogens with two attached hydrogens (primary N) is 2. The van der Waals surface area contributed by atoms with Crippen LogP contribution in [0.1, 0.15) is 11.1 Å². The highest BCUT2D eigenvalue weighted by Gasteiger charge is 2.10. The fourth-order valence-electron chi connectivity index (χ4n) is 2.54. The van der Waals surface area contributed by atoms with Gasteiger partial charge in [0, 0.05) is 31.9 Å². The number of hydrogen-bond donors (Lipinski definition) is 3. The van der Waals surface area contributed by atoms with Crippen molar-refractivity contribution in [3.8, 4) is 17.3 Å². The van der Waals surface area contributed by atoms with Gasteiger partial charge >= 0.3 is 0 Å². The molecule has 1 amide bonds. The summed E-state index contributed by atoms with van der Waals surface area (Å²) in [6.45, 7) is 2.45. The smallest absolute Gasteiger partial charge is 0.221 e. The van der Waals surface area contributed by atoms with E-state index in [1.54, 1.807) is 15.1 Å². The fourth-order valence-corrected chi connectivity index (χ4v) is 2.54. The van der Waals surface area contributed by atoms with Crippen LogP contribution in [0.15, 0.2) is 48.7 Å². The molecule has 0 radical (unpaired) electrons. The summed E-state index contributed by atoms with van der Waals surface area (Å²) in [5.74, 6) is 10.9. The normalized spacial score (nSPS) is 9.89. The summed E-state index contributed by atoms with van der Waals surface area (Å²) in [5.41, 5.74) is 6.48. The summed E-state index contributed by atoms with van der Waals surface area (Å²) in [6.07, 6.45) is 2.29. The Balaban J connectivity index is 0.000000640. The molecule has 148 valence electrons. The van der Waals surface area contributed by atoms with Gasteiger partial charge < -0.3 is 9.75 Å². The second kappa shape index (κ2) is 10.0. The van der Waals surface area contributed by atoms with Gasteiger partial charge in [-0.3, -0.25) is 14.9 Å². The van der Waals surface area contributed by atoms with Gasteiger partial charge in [-0.15, -0.1) is 0 Å². The van der Waals surface area contributed by atoms with Gasteiger partial charge in [-0.2, -0.15) is 5.10 Å². The topological polar surface area (TPSA) is 124 Å². The first-order valence-corrected chi connectivity index (χ1v) is 8.52.